The van der Waals surface area contributed by atoms with Gasteiger partial charge in [0.1, 0.15) is 0 Å². The molecule has 1 N–H and O–H groups in total. The average Bonchev–Trinajstić information content (AvgIpc) is 2.68. The Hall–Kier alpha value is -0.850. The third-order valence-corrected chi connectivity index (χ3v) is 5.06. The molecule has 0 saturated carbocycles. The smallest absolute Gasteiger partial charge is 0.233 e. The van der Waals surface area contributed by atoms with Crippen molar-refractivity contribution in [2.45, 2.75) is 50.4 Å². The molecule has 1 aromatic heterocycles. The summed E-state index contributed by atoms with van der Waals surface area (Å²) in [7, 11) is 0. The van der Waals surface area contributed by atoms with Crippen molar-refractivity contribution in [3.63, 3.8) is 0 Å². The molecule has 2 aliphatic rings. The summed E-state index contributed by atoms with van der Waals surface area (Å²) in [6, 6.07) is 2.76. The maximum Gasteiger partial charge on any atom is 0.233 e. The van der Waals surface area contributed by atoms with Gasteiger partial charge >= 0.3 is 0 Å². The fourth-order valence-electron chi connectivity index (χ4n) is 3.35. The van der Waals surface area contributed by atoms with Crippen LogP contribution >= 0.6 is 24.2 Å². The lowest BCUT2D eigenvalue weighted by atomic mass is 10.1. The van der Waals surface area contributed by atoms with Gasteiger partial charge in [-0.2, -0.15) is 0 Å². The van der Waals surface area contributed by atoms with Crippen LogP contribution in [0.2, 0.25) is 0 Å². The van der Waals surface area contributed by atoms with Crippen LogP contribution in [0.5, 0.6) is 0 Å². The zero-order valence-corrected chi connectivity index (χ0v) is 14.7. The number of fused-ring (bicyclic) bond motifs is 2. The quantitative estimate of drug-likeness (QED) is 0.672. The molecule has 2 aliphatic heterocycles. The first-order chi connectivity index (χ1) is 10.1. The van der Waals surface area contributed by atoms with Gasteiger partial charge in [0.25, 0.3) is 0 Å². The molecule has 0 spiro atoms. The molecular weight excluding hydrogens is 320 g/mol. The van der Waals surface area contributed by atoms with E-state index in [4.69, 9.17) is 0 Å². The van der Waals surface area contributed by atoms with Crippen LogP contribution in [-0.4, -0.2) is 51.7 Å². The van der Waals surface area contributed by atoms with Gasteiger partial charge in [-0.3, -0.25) is 4.79 Å². The summed E-state index contributed by atoms with van der Waals surface area (Å²) in [5.41, 5.74) is 1.91. The molecule has 0 aliphatic carbocycles. The van der Waals surface area contributed by atoms with Gasteiger partial charge in [-0.25, -0.2) is 9.97 Å². The second-order valence-corrected chi connectivity index (χ2v) is 6.84. The number of nitrogens with zero attached hydrogens (tertiary/aromatic N) is 3. The second-order valence-electron chi connectivity index (χ2n) is 5.90. The Labute approximate surface area is 142 Å². The van der Waals surface area contributed by atoms with Gasteiger partial charge in [-0.05, 0) is 45.7 Å². The number of amides is 1. The van der Waals surface area contributed by atoms with Crippen molar-refractivity contribution in [1.29, 1.82) is 0 Å². The zero-order valence-electron chi connectivity index (χ0n) is 13.0. The monoisotopic (exact) mass is 342 g/mol. The molecule has 0 radical (unpaired) electrons. The summed E-state index contributed by atoms with van der Waals surface area (Å²) in [5.74, 6) is 0.676. The molecule has 2 saturated heterocycles. The molecule has 3 rings (SSSR count). The van der Waals surface area contributed by atoms with Crippen LogP contribution in [0.4, 0.5) is 0 Å². The Morgan fingerprint density at radius 2 is 1.95 bits per heavy atom. The lowest BCUT2D eigenvalue weighted by Crippen LogP contribution is -2.43. The molecule has 22 heavy (non-hydrogen) atoms. The highest BCUT2D eigenvalue weighted by atomic mass is 35.5. The largest absolute Gasteiger partial charge is 0.335 e. The standard InChI is InChI=1S/C15H22N4OS.ClH/c1-10-7-11(2)18-15(17-10)21-9-14(20)19-12-3-4-13(19)8-16-6-5-12;/h7,12-13,16H,3-6,8-9H2,1-2H3;1H. The summed E-state index contributed by atoms with van der Waals surface area (Å²) >= 11 is 1.46. The van der Waals surface area contributed by atoms with E-state index in [1.165, 1.54) is 11.8 Å². The van der Waals surface area contributed by atoms with Crippen LogP contribution in [0.15, 0.2) is 11.2 Å². The highest BCUT2D eigenvalue weighted by Crippen LogP contribution is 2.29. The number of rotatable bonds is 3. The van der Waals surface area contributed by atoms with E-state index in [2.05, 4.69) is 20.2 Å². The van der Waals surface area contributed by atoms with E-state index in [0.29, 0.717) is 23.0 Å². The molecule has 2 bridgehead atoms. The normalized spacial score (nSPS) is 23.8. The van der Waals surface area contributed by atoms with Crippen molar-refractivity contribution < 1.29 is 4.79 Å². The van der Waals surface area contributed by atoms with Crippen molar-refractivity contribution in [2.24, 2.45) is 0 Å². The minimum Gasteiger partial charge on any atom is -0.335 e. The summed E-state index contributed by atoms with van der Waals surface area (Å²) in [6.45, 7) is 5.88. The van der Waals surface area contributed by atoms with Crippen LogP contribution in [0.25, 0.3) is 0 Å². The SMILES string of the molecule is Cc1cc(C)nc(SCC(=O)N2C3CCNCC2CC3)n1.Cl. The first-order valence-electron chi connectivity index (χ1n) is 7.60. The topological polar surface area (TPSA) is 58.1 Å². The molecule has 5 nitrogen and oxygen atoms in total. The number of halogens is 1. The van der Waals surface area contributed by atoms with Gasteiger partial charge in [0, 0.05) is 30.0 Å². The maximum absolute atomic E-state index is 12.6. The third-order valence-electron chi connectivity index (χ3n) is 4.23. The van der Waals surface area contributed by atoms with Crippen molar-refractivity contribution in [3.8, 4) is 0 Å². The summed E-state index contributed by atoms with van der Waals surface area (Å²) < 4.78 is 0. The molecule has 122 valence electrons. The Morgan fingerprint density at radius 3 is 2.68 bits per heavy atom. The summed E-state index contributed by atoms with van der Waals surface area (Å²) in [5, 5.41) is 4.14. The predicted molar refractivity (Wildman–Crippen MR) is 90.6 cm³/mol. The zero-order chi connectivity index (χ0) is 14.8. The van der Waals surface area contributed by atoms with E-state index < -0.39 is 0 Å². The van der Waals surface area contributed by atoms with Gasteiger partial charge in [0.05, 0.1) is 5.75 Å². The molecule has 2 fully saturated rings. The van der Waals surface area contributed by atoms with E-state index in [9.17, 15) is 4.79 Å². The number of nitrogens with one attached hydrogen (secondary N) is 1. The average molecular weight is 343 g/mol. The minimum atomic E-state index is 0. The number of aromatic nitrogens is 2. The van der Waals surface area contributed by atoms with Gasteiger partial charge in [-0.1, -0.05) is 11.8 Å². The van der Waals surface area contributed by atoms with Crippen LogP contribution in [-0.2, 0) is 4.79 Å². The van der Waals surface area contributed by atoms with E-state index in [0.717, 1.165) is 43.7 Å². The number of carbonyl (C=O) groups excluding carboxylic acids is 1. The third kappa shape index (κ3) is 3.91. The molecule has 1 aromatic rings. The Bertz CT molecular complexity index is 508. The van der Waals surface area contributed by atoms with E-state index in [-0.39, 0.29) is 18.3 Å². The molecule has 0 aromatic carbocycles. The van der Waals surface area contributed by atoms with Crippen molar-refractivity contribution in [3.05, 3.63) is 17.5 Å². The highest BCUT2D eigenvalue weighted by Gasteiger charge is 2.37. The van der Waals surface area contributed by atoms with Crippen molar-refractivity contribution >= 4 is 30.1 Å². The number of carbonyl (C=O) groups is 1. The maximum atomic E-state index is 12.6. The lowest BCUT2D eigenvalue weighted by Gasteiger charge is -2.27. The van der Waals surface area contributed by atoms with Gasteiger partial charge < -0.3 is 10.2 Å². The lowest BCUT2D eigenvalue weighted by molar-refractivity contribution is -0.130. The van der Waals surface area contributed by atoms with Crippen LogP contribution in [0.3, 0.4) is 0 Å². The number of aryl methyl sites for hydroxylation is 2. The Balaban J connectivity index is 0.00000176. The molecular formula is C15H23ClN4OS. The van der Waals surface area contributed by atoms with E-state index >= 15 is 0 Å². The first-order valence-corrected chi connectivity index (χ1v) is 8.59. The molecule has 7 heteroatoms. The molecule has 1 amide bonds. The Morgan fingerprint density at radius 1 is 1.27 bits per heavy atom. The second kappa shape index (κ2) is 7.62. The number of hydrogen-bond acceptors (Lipinski definition) is 5. The molecule has 2 unspecified atom stereocenters. The van der Waals surface area contributed by atoms with Gasteiger partial charge in [0.2, 0.25) is 5.91 Å². The van der Waals surface area contributed by atoms with E-state index in [1.807, 2.05) is 19.9 Å². The van der Waals surface area contributed by atoms with Gasteiger partial charge in [0.15, 0.2) is 5.16 Å². The first kappa shape index (κ1) is 17.5. The van der Waals surface area contributed by atoms with E-state index in [1.54, 1.807) is 0 Å². The van der Waals surface area contributed by atoms with Crippen LogP contribution < -0.4 is 5.32 Å². The molecule has 3 heterocycles. The van der Waals surface area contributed by atoms with Crippen molar-refractivity contribution in [2.75, 3.05) is 18.8 Å². The number of thioether (sulfide) groups is 1. The number of hydrogen-bond donors (Lipinski definition) is 1. The van der Waals surface area contributed by atoms with Gasteiger partial charge in [-0.15, -0.1) is 12.4 Å². The minimum absolute atomic E-state index is 0. The molecule has 2 atom stereocenters. The summed E-state index contributed by atoms with van der Waals surface area (Å²) in [6.07, 6.45) is 3.36. The van der Waals surface area contributed by atoms with Crippen LogP contribution in [0, 0.1) is 13.8 Å². The highest BCUT2D eigenvalue weighted by molar-refractivity contribution is 7.99. The van der Waals surface area contributed by atoms with Crippen LogP contribution in [0.1, 0.15) is 30.7 Å². The fourth-order valence-corrected chi connectivity index (χ4v) is 4.17. The Kier molecular flexibility index (Phi) is 6.06. The predicted octanol–water partition coefficient (Wildman–Crippen LogP) is 1.96. The van der Waals surface area contributed by atoms with Crippen molar-refractivity contribution in [1.82, 2.24) is 20.2 Å². The fraction of sp³-hybridized carbons (Fsp3) is 0.667. The summed E-state index contributed by atoms with van der Waals surface area (Å²) in [4.78, 5) is 23.5.